The van der Waals surface area contributed by atoms with Crippen LogP contribution in [0.5, 0.6) is 0 Å². The molecule has 1 aliphatic carbocycles. The minimum Gasteiger partial charge on any atom is -0.469 e. The highest BCUT2D eigenvalue weighted by atomic mass is 16.5. The first-order valence-corrected chi connectivity index (χ1v) is 4.91. The van der Waals surface area contributed by atoms with Crippen molar-refractivity contribution < 1.29 is 9.53 Å². The van der Waals surface area contributed by atoms with Crippen molar-refractivity contribution in [2.45, 2.75) is 24.9 Å². The topological polar surface area (TPSA) is 83.0 Å². The Hall–Kier alpha value is -1.43. The van der Waals surface area contributed by atoms with Crippen molar-refractivity contribution in [3.8, 4) is 0 Å². The van der Waals surface area contributed by atoms with E-state index in [0.29, 0.717) is 12.8 Å². The molecule has 1 unspecified atom stereocenters. The summed E-state index contributed by atoms with van der Waals surface area (Å²) in [7, 11) is 1.40. The van der Waals surface area contributed by atoms with Crippen LogP contribution < -0.4 is 5.73 Å². The second-order valence-corrected chi connectivity index (χ2v) is 3.81. The minimum atomic E-state index is -0.187. The van der Waals surface area contributed by atoms with Crippen LogP contribution in [0.3, 0.4) is 0 Å². The number of carbonyl (C=O) groups is 1. The molecule has 6 nitrogen and oxygen atoms in total. The van der Waals surface area contributed by atoms with Gasteiger partial charge in [-0.2, -0.15) is 0 Å². The Morgan fingerprint density at radius 1 is 1.60 bits per heavy atom. The molecular formula is C9H14N4O2. The predicted molar refractivity (Wildman–Crippen MR) is 51.8 cm³/mol. The molecule has 1 aromatic rings. The zero-order chi connectivity index (χ0) is 10.8. The van der Waals surface area contributed by atoms with E-state index in [9.17, 15) is 4.79 Å². The van der Waals surface area contributed by atoms with Gasteiger partial charge in [0.1, 0.15) is 0 Å². The summed E-state index contributed by atoms with van der Waals surface area (Å²) in [6.07, 6.45) is 4.71. The zero-order valence-corrected chi connectivity index (χ0v) is 8.54. The molecule has 0 amide bonds. The summed E-state index contributed by atoms with van der Waals surface area (Å²) in [6.45, 7) is 0. The van der Waals surface area contributed by atoms with Crippen LogP contribution in [-0.2, 0) is 9.53 Å². The highest BCUT2D eigenvalue weighted by Crippen LogP contribution is 2.33. The lowest BCUT2D eigenvalue weighted by molar-refractivity contribution is -0.145. The molecule has 2 N–H and O–H groups in total. The Morgan fingerprint density at radius 2 is 2.40 bits per heavy atom. The van der Waals surface area contributed by atoms with E-state index in [1.807, 2.05) is 0 Å². The number of rotatable bonds is 2. The lowest BCUT2D eigenvalue weighted by Crippen LogP contribution is -2.27. The number of carbonyl (C=O) groups excluding carboxylic acids is 1. The summed E-state index contributed by atoms with van der Waals surface area (Å²) in [6, 6.07) is -0.00704. The highest BCUT2D eigenvalue weighted by Gasteiger charge is 2.37. The molecule has 0 aliphatic heterocycles. The number of aromatic nitrogens is 3. The normalized spacial score (nSPS) is 30.4. The van der Waals surface area contributed by atoms with Crippen LogP contribution in [0, 0.1) is 5.92 Å². The molecule has 15 heavy (non-hydrogen) atoms. The summed E-state index contributed by atoms with van der Waals surface area (Å²) in [4.78, 5) is 11.4. The number of hydrogen-bond acceptors (Lipinski definition) is 5. The Labute approximate surface area is 87.4 Å². The van der Waals surface area contributed by atoms with E-state index in [4.69, 9.17) is 10.5 Å². The Balaban J connectivity index is 2.08. The van der Waals surface area contributed by atoms with Crippen LogP contribution in [0.15, 0.2) is 12.4 Å². The third-order valence-corrected chi connectivity index (χ3v) is 2.89. The molecular weight excluding hydrogens is 196 g/mol. The molecule has 6 heteroatoms. The Bertz CT molecular complexity index is 338. The monoisotopic (exact) mass is 210 g/mol. The van der Waals surface area contributed by atoms with Crippen LogP contribution in [0.25, 0.3) is 0 Å². The standard InChI is InChI=1S/C9H14N4O2/c1-15-9(14)6-4-7(10)8(5-6)13-3-2-11-12-13/h2-3,6-8H,4-5,10H2,1H3/t6?,7-,8+/m1/s1. The lowest BCUT2D eigenvalue weighted by atomic mass is 10.1. The second-order valence-electron chi connectivity index (χ2n) is 3.81. The van der Waals surface area contributed by atoms with Gasteiger partial charge in [0.15, 0.2) is 0 Å². The molecule has 0 radical (unpaired) electrons. The van der Waals surface area contributed by atoms with Crippen LogP contribution >= 0.6 is 0 Å². The van der Waals surface area contributed by atoms with Crippen molar-refractivity contribution in [3.63, 3.8) is 0 Å². The van der Waals surface area contributed by atoms with Crippen LogP contribution in [0.1, 0.15) is 18.9 Å². The molecule has 0 saturated heterocycles. The highest BCUT2D eigenvalue weighted by molar-refractivity contribution is 5.72. The van der Waals surface area contributed by atoms with E-state index in [2.05, 4.69) is 10.3 Å². The summed E-state index contributed by atoms with van der Waals surface area (Å²) in [5, 5.41) is 7.64. The smallest absolute Gasteiger partial charge is 0.308 e. The molecule has 1 fully saturated rings. The van der Waals surface area contributed by atoms with Gasteiger partial charge in [0, 0.05) is 12.2 Å². The number of esters is 1. The third kappa shape index (κ3) is 1.85. The average molecular weight is 210 g/mol. The summed E-state index contributed by atoms with van der Waals surface area (Å²) < 4.78 is 6.42. The Kier molecular flexibility index (Phi) is 2.68. The first-order chi connectivity index (χ1) is 7.22. The molecule has 1 aromatic heterocycles. The third-order valence-electron chi connectivity index (χ3n) is 2.89. The SMILES string of the molecule is COC(=O)C1C[C@@H](N)[C@@H](n2ccnn2)C1. The predicted octanol–water partition coefficient (Wildman–Crippen LogP) is -0.271. The van der Waals surface area contributed by atoms with Gasteiger partial charge in [-0.15, -0.1) is 5.10 Å². The van der Waals surface area contributed by atoms with Crippen molar-refractivity contribution >= 4 is 5.97 Å². The quantitative estimate of drug-likeness (QED) is 0.679. The molecule has 2 rings (SSSR count). The first-order valence-electron chi connectivity index (χ1n) is 4.91. The zero-order valence-electron chi connectivity index (χ0n) is 8.54. The molecule has 82 valence electrons. The van der Waals surface area contributed by atoms with Gasteiger partial charge in [0.05, 0.1) is 25.3 Å². The molecule has 1 aliphatic rings. The van der Waals surface area contributed by atoms with Gasteiger partial charge >= 0.3 is 5.97 Å². The van der Waals surface area contributed by atoms with Gasteiger partial charge in [-0.05, 0) is 12.8 Å². The van der Waals surface area contributed by atoms with E-state index in [0.717, 1.165) is 0 Å². The Morgan fingerprint density at radius 3 is 3.00 bits per heavy atom. The largest absolute Gasteiger partial charge is 0.469 e. The van der Waals surface area contributed by atoms with Crippen molar-refractivity contribution in [3.05, 3.63) is 12.4 Å². The fourth-order valence-electron chi connectivity index (χ4n) is 2.11. The maximum Gasteiger partial charge on any atom is 0.308 e. The van der Waals surface area contributed by atoms with E-state index < -0.39 is 0 Å². The average Bonchev–Trinajstić information content (AvgIpc) is 2.84. The summed E-state index contributed by atoms with van der Waals surface area (Å²) >= 11 is 0. The van der Waals surface area contributed by atoms with E-state index in [1.54, 1.807) is 17.1 Å². The maximum atomic E-state index is 11.4. The number of ether oxygens (including phenoxy) is 1. The molecule has 0 spiro atoms. The van der Waals surface area contributed by atoms with Crippen molar-refractivity contribution in [1.29, 1.82) is 0 Å². The maximum absolute atomic E-state index is 11.4. The number of nitrogens with two attached hydrogens (primary N) is 1. The summed E-state index contributed by atoms with van der Waals surface area (Å²) in [5.41, 5.74) is 5.96. The fourth-order valence-corrected chi connectivity index (χ4v) is 2.11. The number of hydrogen-bond donors (Lipinski definition) is 1. The lowest BCUT2D eigenvalue weighted by Gasteiger charge is -2.13. The van der Waals surface area contributed by atoms with Gasteiger partial charge in [0.2, 0.25) is 0 Å². The van der Waals surface area contributed by atoms with Crippen LogP contribution in [-0.4, -0.2) is 34.1 Å². The molecule has 3 atom stereocenters. The fraction of sp³-hybridized carbons (Fsp3) is 0.667. The van der Waals surface area contributed by atoms with Gasteiger partial charge in [-0.25, -0.2) is 4.68 Å². The summed E-state index contributed by atoms with van der Waals surface area (Å²) in [5.74, 6) is -0.299. The van der Waals surface area contributed by atoms with Crippen molar-refractivity contribution in [2.24, 2.45) is 11.7 Å². The van der Waals surface area contributed by atoms with E-state index >= 15 is 0 Å². The van der Waals surface area contributed by atoms with E-state index in [-0.39, 0.29) is 24.0 Å². The van der Waals surface area contributed by atoms with Crippen LogP contribution in [0.4, 0.5) is 0 Å². The first kappa shape index (κ1) is 10.1. The van der Waals surface area contributed by atoms with Crippen LogP contribution in [0.2, 0.25) is 0 Å². The van der Waals surface area contributed by atoms with Gasteiger partial charge in [-0.3, -0.25) is 4.79 Å². The van der Waals surface area contributed by atoms with E-state index in [1.165, 1.54) is 7.11 Å². The minimum absolute atomic E-state index is 0.0524. The van der Waals surface area contributed by atoms with Gasteiger partial charge in [0.25, 0.3) is 0 Å². The molecule has 1 heterocycles. The molecule has 1 saturated carbocycles. The molecule has 0 aromatic carbocycles. The number of nitrogens with zero attached hydrogens (tertiary/aromatic N) is 3. The molecule has 0 bridgehead atoms. The van der Waals surface area contributed by atoms with Gasteiger partial charge in [-0.1, -0.05) is 5.21 Å². The van der Waals surface area contributed by atoms with Gasteiger partial charge < -0.3 is 10.5 Å². The van der Waals surface area contributed by atoms with Crippen molar-refractivity contribution in [2.75, 3.05) is 7.11 Å². The van der Waals surface area contributed by atoms with Crippen molar-refractivity contribution in [1.82, 2.24) is 15.0 Å². The second kappa shape index (κ2) is 3.98. The number of methoxy groups -OCH3 is 1.